The fourth-order valence-corrected chi connectivity index (χ4v) is 17.0. The van der Waals surface area contributed by atoms with E-state index in [1.807, 2.05) is 36.4 Å². The van der Waals surface area contributed by atoms with E-state index in [1.165, 1.54) is 32.3 Å². The van der Waals surface area contributed by atoms with Gasteiger partial charge in [0.05, 0.1) is 44.3 Å². The van der Waals surface area contributed by atoms with E-state index >= 15 is 0 Å². The molecule has 0 aliphatic rings. The van der Waals surface area contributed by atoms with Crippen molar-refractivity contribution in [3.63, 3.8) is 0 Å². The minimum absolute atomic E-state index is 0.639. The molecule has 0 saturated heterocycles. The number of para-hydroxylation sites is 6. The number of aromatic nitrogens is 5. The summed E-state index contributed by atoms with van der Waals surface area (Å²) >= 11 is 0. The van der Waals surface area contributed by atoms with Crippen LogP contribution in [0.3, 0.4) is 0 Å². The monoisotopic (exact) mass is 1350 g/mol. The molecule has 16 aromatic carbocycles. The summed E-state index contributed by atoms with van der Waals surface area (Å²) in [5, 5.41) is 14.8. The number of nitrogens with zero attached hydrogens (tertiary/aromatic N) is 5. The Bertz CT molecular complexity index is 7650. The molecular formula is C98H57N5O3. The molecule has 23 rings (SSSR count). The summed E-state index contributed by atoms with van der Waals surface area (Å²) in [5.74, 6) is 0.639. The van der Waals surface area contributed by atoms with Crippen molar-refractivity contribution in [3.8, 4) is 84.2 Å². The summed E-state index contributed by atoms with van der Waals surface area (Å²) in [6.45, 7) is 0. The van der Waals surface area contributed by atoms with Gasteiger partial charge in [0.1, 0.15) is 33.5 Å². The zero-order valence-corrected chi connectivity index (χ0v) is 56.9. The van der Waals surface area contributed by atoms with Crippen molar-refractivity contribution in [2.24, 2.45) is 0 Å². The number of hydrogen-bond donors (Lipinski definition) is 0. The van der Waals surface area contributed by atoms with Gasteiger partial charge in [-0.3, -0.25) is 0 Å². The summed E-state index contributed by atoms with van der Waals surface area (Å²) in [6.07, 6.45) is 0. The molecule has 8 nitrogen and oxygen atoms in total. The third-order valence-electron chi connectivity index (χ3n) is 22.1. The average Bonchev–Trinajstić information content (AvgIpc) is 1.64. The minimum Gasteiger partial charge on any atom is -0.456 e. The van der Waals surface area contributed by atoms with Gasteiger partial charge in [0.25, 0.3) is 0 Å². The molecule has 0 radical (unpaired) electrons. The second-order valence-corrected chi connectivity index (χ2v) is 28.0. The van der Waals surface area contributed by atoms with Gasteiger partial charge in [-0.15, -0.1) is 0 Å². The second kappa shape index (κ2) is 22.6. The van der Waals surface area contributed by atoms with Gasteiger partial charge in [0.2, 0.25) is 0 Å². The first-order valence-corrected chi connectivity index (χ1v) is 36.0. The van der Waals surface area contributed by atoms with Crippen molar-refractivity contribution in [1.82, 2.24) is 23.7 Å². The average molecular weight is 1350 g/mol. The van der Waals surface area contributed by atoms with Crippen LogP contribution in [0.25, 0.3) is 226 Å². The van der Waals surface area contributed by atoms with Gasteiger partial charge in [-0.2, -0.15) is 0 Å². The maximum Gasteiger partial charge on any atom is 0.160 e. The highest BCUT2D eigenvalue weighted by molar-refractivity contribution is 6.15. The van der Waals surface area contributed by atoms with Crippen LogP contribution in [-0.2, 0) is 0 Å². The molecule has 0 aliphatic heterocycles. The Hall–Kier alpha value is -14.3. The van der Waals surface area contributed by atoms with Crippen molar-refractivity contribution >= 4 is 142 Å². The first kappa shape index (κ1) is 58.3. The van der Waals surface area contributed by atoms with Gasteiger partial charge in [-0.1, -0.05) is 188 Å². The van der Waals surface area contributed by atoms with Crippen LogP contribution < -0.4 is 0 Å². The molecule has 7 heterocycles. The molecule has 0 aliphatic carbocycles. The lowest BCUT2D eigenvalue weighted by molar-refractivity contribution is 0.668. The van der Waals surface area contributed by atoms with Gasteiger partial charge in [0.15, 0.2) is 5.82 Å². The molecule has 0 atom stereocenters. The molecule has 0 unspecified atom stereocenters. The van der Waals surface area contributed by atoms with Gasteiger partial charge in [0, 0.05) is 98.2 Å². The van der Waals surface area contributed by atoms with Gasteiger partial charge in [-0.25, -0.2) is 9.97 Å². The van der Waals surface area contributed by atoms with E-state index in [1.54, 1.807) is 0 Å². The van der Waals surface area contributed by atoms with Crippen LogP contribution in [0, 0.1) is 0 Å². The van der Waals surface area contributed by atoms with Crippen molar-refractivity contribution in [2.75, 3.05) is 0 Å². The molecule has 0 N–H and O–H groups in total. The van der Waals surface area contributed by atoms with Crippen LogP contribution in [0.1, 0.15) is 0 Å². The Labute approximate surface area is 605 Å². The highest BCUT2D eigenvalue weighted by Gasteiger charge is 2.22. The fourth-order valence-electron chi connectivity index (χ4n) is 17.0. The van der Waals surface area contributed by atoms with E-state index in [4.69, 9.17) is 23.2 Å². The van der Waals surface area contributed by atoms with E-state index in [-0.39, 0.29) is 0 Å². The smallest absolute Gasteiger partial charge is 0.160 e. The summed E-state index contributed by atoms with van der Waals surface area (Å²) in [4.78, 5) is 11.2. The van der Waals surface area contributed by atoms with Crippen molar-refractivity contribution in [1.29, 1.82) is 0 Å². The van der Waals surface area contributed by atoms with Gasteiger partial charge < -0.3 is 27.0 Å². The van der Waals surface area contributed by atoms with E-state index in [9.17, 15) is 0 Å². The summed E-state index contributed by atoms with van der Waals surface area (Å²) in [5.41, 5.74) is 27.9. The van der Waals surface area contributed by atoms with Crippen LogP contribution in [0.2, 0.25) is 0 Å². The highest BCUT2D eigenvalue weighted by Crippen LogP contribution is 2.44. The quantitative estimate of drug-likeness (QED) is 0.144. The van der Waals surface area contributed by atoms with Crippen LogP contribution in [0.15, 0.2) is 359 Å². The summed E-state index contributed by atoms with van der Waals surface area (Å²) in [6, 6.07) is 124. The Kier molecular flexibility index (Phi) is 12.4. The minimum atomic E-state index is 0.639. The highest BCUT2D eigenvalue weighted by atomic mass is 16.3. The molecule has 106 heavy (non-hydrogen) atoms. The number of hydrogen-bond acceptors (Lipinski definition) is 5. The third-order valence-corrected chi connectivity index (χ3v) is 22.1. The molecule has 0 amide bonds. The molecule has 492 valence electrons. The maximum atomic E-state index is 6.24. The predicted molar refractivity (Wildman–Crippen MR) is 437 cm³/mol. The Morgan fingerprint density at radius 3 is 0.943 bits per heavy atom. The molecule has 0 saturated carbocycles. The summed E-state index contributed by atoms with van der Waals surface area (Å²) in [7, 11) is 0. The molecular weight excluding hydrogens is 1300 g/mol. The largest absolute Gasteiger partial charge is 0.456 e. The molecule has 0 spiro atoms. The number of fused-ring (bicyclic) bond motifs is 19. The lowest BCUT2D eigenvalue weighted by Gasteiger charge is -2.14. The second-order valence-electron chi connectivity index (χ2n) is 28.0. The molecule has 7 aromatic heterocycles. The molecule has 0 bridgehead atoms. The fraction of sp³-hybridized carbons (Fsp3) is 0. The van der Waals surface area contributed by atoms with E-state index in [0.29, 0.717) is 5.82 Å². The Morgan fingerprint density at radius 1 is 0.179 bits per heavy atom. The molecule has 8 heteroatoms. The lowest BCUT2D eigenvalue weighted by Crippen LogP contribution is -1.99. The topological polar surface area (TPSA) is 80.0 Å². The standard InChI is InChI=1S/C98H57N5O3/c1-7-22-85-71(16-1)77-51-61(64-36-47-94-80(54-64)74-19-4-10-25-91(74)104-94)33-44-88(77)101(85)68-39-28-58(29-40-68)60-32-43-84-83(57-60)97(59-30-41-69(42-31-59)102-86-23-8-2-17-72(86)78-52-62(34-45-89(78)102)65-37-48-95-81(55-65)75-20-5-11-26-92(75)105-95)100-98(99-84)67-14-13-15-70(50-67)103-87-24-9-3-18-73(87)79-53-63(35-46-90(79)103)66-38-49-96-82(56-66)76-21-6-12-27-93(76)106-96/h1-57H. The molecule has 0 fully saturated rings. The van der Waals surface area contributed by atoms with Crippen molar-refractivity contribution < 1.29 is 13.3 Å². The van der Waals surface area contributed by atoms with Crippen LogP contribution >= 0.6 is 0 Å². The number of rotatable bonds is 9. The van der Waals surface area contributed by atoms with Gasteiger partial charge in [-0.05, 0) is 202 Å². The first-order chi connectivity index (χ1) is 52.5. The summed E-state index contributed by atoms with van der Waals surface area (Å²) < 4.78 is 25.9. The van der Waals surface area contributed by atoms with Crippen LogP contribution in [0.5, 0.6) is 0 Å². The van der Waals surface area contributed by atoms with Gasteiger partial charge >= 0.3 is 0 Å². The van der Waals surface area contributed by atoms with Crippen molar-refractivity contribution in [2.45, 2.75) is 0 Å². The number of benzene rings is 16. The first-order valence-electron chi connectivity index (χ1n) is 36.0. The SMILES string of the molecule is c1cc(-c2nc(-c3ccc(-n4c5ccccc5c5cc(-c6ccc7oc8ccccc8c7c6)ccc54)cc3)c3cc(-c4ccc(-n5c6ccccc6c6cc(-c7ccc8oc9ccccc9c8c7)ccc65)cc4)ccc3n2)cc(-n2c3ccccc3c3cc(-c4ccc5oc6ccccc6c5c4)ccc32)c1. The number of furan rings is 3. The van der Waals surface area contributed by atoms with E-state index < -0.39 is 0 Å². The van der Waals surface area contributed by atoms with Crippen LogP contribution in [0.4, 0.5) is 0 Å². The van der Waals surface area contributed by atoms with Crippen LogP contribution in [-0.4, -0.2) is 23.7 Å². The zero-order chi connectivity index (χ0) is 69.2. The van der Waals surface area contributed by atoms with Crippen molar-refractivity contribution in [3.05, 3.63) is 346 Å². The Morgan fingerprint density at radius 2 is 0.500 bits per heavy atom. The maximum absolute atomic E-state index is 6.24. The molecule has 23 aromatic rings. The lowest BCUT2D eigenvalue weighted by atomic mass is 9.99. The van der Waals surface area contributed by atoms with E-state index in [0.717, 1.165) is 188 Å². The third kappa shape index (κ3) is 8.95. The predicted octanol–water partition coefficient (Wildman–Crippen LogP) is 26.6. The zero-order valence-electron chi connectivity index (χ0n) is 56.9. The Balaban J connectivity index is 0.636. The normalized spacial score (nSPS) is 12.2. The van der Waals surface area contributed by atoms with E-state index in [2.05, 4.69) is 323 Å².